The summed E-state index contributed by atoms with van der Waals surface area (Å²) >= 11 is 0. The molecule has 0 aromatic heterocycles. The molecule has 0 aliphatic heterocycles. The van der Waals surface area contributed by atoms with Gasteiger partial charge in [-0.15, -0.1) is 0 Å². The Bertz CT molecular complexity index is 217. The maximum Gasteiger partial charge on any atom is 0.0135 e. The van der Waals surface area contributed by atoms with Crippen molar-refractivity contribution in [3.63, 3.8) is 0 Å². The van der Waals surface area contributed by atoms with E-state index in [1.807, 2.05) is 0 Å². The Morgan fingerprint density at radius 2 is 2.00 bits per heavy atom. The van der Waals surface area contributed by atoms with Gasteiger partial charge in [-0.3, -0.25) is 0 Å². The zero-order valence-corrected chi connectivity index (χ0v) is 13.0. The normalized spacial score (nSPS) is 30.7. The van der Waals surface area contributed by atoms with Crippen LogP contribution in [0.2, 0.25) is 0 Å². The molecule has 1 aliphatic carbocycles. The number of hydrogen-bond donors (Lipinski definition) is 1. The average Bonchev–Trinajstić information content (AvgIpc) is 2.38. The summed E-state index contributed by atoms with van der Waals surface area (Å²) in [6.07, 6.45) is 8.15. The van der Waals surface area contributed by atoms with E-state index in [-0.39, 0.29) is 0 Å². The molecular weight excluding hydrogens is 220 g/mol. The molecule has 4 atom stereocenters. The van der Waals surface area contributed by atoms with Crippen LogP contribution in [0.3, 0.4) is 0 Å². The predicted molar refractivity (Wildman–Crippen MR) is 80.7 cm³/mol. The van der Waals surface area contributed by atoms with Crippen LogP contribution < -0.4 is 5.73 Å². The molecule has 4 unspecified atom stereocenters. The summed E-state index contributed by atoms with van der Waals surface area (Å²) in [4.78, 5) is 2.60. The molecule has 2 N–H and O–H groups in total. The first kappa shape index (κ1) is 16.0. The van der Waals surface area contributed by atoms with Crippen LogP contribution in [0.15, 0.2) is 0 Å². The highest BCUT2D eigenvalue weighted by atomic mass is 15.1. The van der Waals surface area contributed by atoms with Crippen molar-refractivity contribution in [3.05, 3.63) is 0 Å². The van der Waals surface area contributed by atoms with Gasteiger partial charge in [0.1, 0.15) is 0 Å². The fraction of sp³-hybridized carbons (Fsp3) is 1.00. The molecule has 2 nitrogen and oxygen atoms in total. The van der Waals surface area contributed by atoms with E-state index in [4.69, 9.17) is 5.73 Å². The fourth-order valence-corrected chi connectivity index (χ4v) is 3.54. The van der Waals surface area contributed by atoms with Crippen LogP contribution in [0.5, 0.6) is 0 Å². The van der Waals surface area contributed by atoms with E-state index < -0.39 is 0 Å². The maximum atomic E-state index is 5.99. The quantitative estimate of drug-likeness (QED) is 0.753. The first-order valence-electron chi connectivity index (χ1n) is 8.02. The largest absolute Gasteiger partial charge is 0.330 e. The minimum Gasteiger partial charge on any atom is -0.330 e. The lowest BCUT2D eigenvalue weighted by atomic mass is 9.76. The summed E-state index contributed by atoms with van der Waals surface area (Å²) in [6, 6.07) is 0.731. The van der Waals surface area contributed by atoms with Gasteiger partial charge in [-0.2, -0.15) is 0 Å². The second kappa shape index (κ2) is 8.16. The Kier molecular flexibility index (Phi) is 7.25. The maximum absolute atomic E-state index is 5.99. The van der Waals surface area contributed by atoms with Gasteiger partial charge in [-0.25, -0.2) is 0 Å². The Labute approximate surface area is 114 Å². The summed E-state index contributed by atoms with van der Waals surface area (Å²) in [5.74, 6) is 2.48. The number of nitrogens with zero attached hydrogens (tertiary/aromatic N) is 1. The van der Waals surface area contributed by atoms with Gasteiger partial charge in [-0.05, 0) is 44.2 Å². The molecule has 1 fully saturated rings. The third-order valence-corrected chi connectivity index (χ3v) is 4.93. The molecule has 1 rings (SSSR count). The summed E-state index contributed by atoms with van der Waals surface area (Å²) in [5.41, 5.74) is 5.99. The van der Waals surface area contributed by atoms with E-state index in [0.29, 0.717) is 0 Å². The van der Waals surface area contributed by atoms with Gasteiger partial charge < -0.3 is 10.6 Å². The molecule has 0 heterocycles. The van der Waals surface area contributed by atoms with Gasteiger partial charge in [0, 0.05) is 12.6 Å². The molecule has 0 aromatic rings. The van der Waals surface area contributed by atoms with E-state index in [1.165, 1.54) is 45.1 Å². The van der Waals surface area contributed by atoms with Crippen LogP contribution in [0.1, 0.15) is 59.3 Å². The Morgan fingerprint density at radius 1 is 1.28 bits per heavy atom. The topological polar surface area (TPSA) is 29.3 Å². The van der Waals surface area contributed by atoms with Crippen LogP contribution in [0.25, 0.3) is 0 Å². The minimum atomic E-state index is 0.729. The number of nitrogens with two attached hydrogens (primary N) is 1. The van der Waals surface area contributed by atoms with Crippen LogP contribution in [0.4, 0.5) is 0 Å². The summed E-state index contributed by atoms with van der Waals surface area (Å²) < 4.78 is 0. The molecule has 0 aromatic carbocycles. The highest BCUT2D eigenvalue weighted by molar-refractivity contribution is 4.86. The molecule has 0 radical (unpaired) electrons. The molecule has 2 heteroatoms. The smallest absolute Gasteiger partial charge is 0.0135 e. The van der Waals surface area contributed by atoms with Crippen LogP contribution in [-0.2, 0) is 0 Å². The van der Waals surface area contributed by atoms with Gasteiger partial charge in [0.05, 0.1) is 0 Å². The molecule has 0 amide bonds. The lowest BCUT2D eigenvalue weighted by Crippen LogP contribution is -2.46. The van der Waals surface area contributed by atoms with E-state index in [1.54, 1.807) is 0 Å². The molecule has 0 bridgehead atoms. The molecule has 0 spiro atoms. The van der Waals surface area contributed by atoms with Gasteiger partial charge in [-0.1, -0.05) is 46.5 Å². The monoisotopic (exact) mass is 254 g/mol. The SMILES string of the molecule is CCCC1CCC(CN)C(N(C)CC(C)CC)C1. The molecule has 1 aliphatic rings. The highest BCUT2D eigenvalue weighted by Crippen LogP contribution is 2.34. The van der Waals surface area contributed by atoms with Gasteiger partial charge >= 0.3 is 0 Å². The Morgan fingerprint density at radius 3 is 2.56 bits per heavy atom. The van der Waals surface area contributed by atoms with E-state index in [0.717, 1.165) is 30.3 Å². The number of rotatable bonds is 7. The third-order valence-electron chi connectivity index (χ3n) is 4.93. The van der Waals surface area contributed by atoms with E-state index in [2.05, 4.69) is 32.7 Å². The fourth-order valence-electron chi connectivity index (χ4n) is 3.54. The molecular formula is C16H34N2. The molecule has 1 saturated carbocycles. The third kappa shape index (κ3) is 4.55. The second-order valence-corrected chi connectivity index (χ2v) is 6.48. The van der Waals surface area contributed by atoms with Crippen molar-refractivity contribution < 1.29 is 0 Å². The second-order valence-electron chi connectivity index (χ2n) is 6.48. The molecule has 108 valence electrons. The van der Waals surface area contributed by atoms with Gasteiger partial charge in [0.2, 0.25) is 0 Å². The first-order valence-corrected chi connectivity index (χ1v) is 8.02. The zero-order chi connectivity index (χ0) is 13.5. The van der Waals surface area contributed by atoms with Gasteiger partial charge in [0.25, 0.3) is 0 Å². The lowest BCUT2D eigenvalue weighted by molar-refractivity contribution is 0.0887. The Balaban J connectivity index is 2.55. The predicted octanol–water partition coefficient (Wildman–Crippen LogP) is 3.51. The summed E-state index contributed by atoms with van der Waals surface area (Å²) in [6.45, 7) is 9.07. The van der Waals surface area contributed by atoms with E-state index >= 15 is 0 Å². The van der Waals surface area contributed by atoms with Gasteiger partial charge in [0.15, 0.2) is 0 Å². The van der Waals surface area contributed by atoms with Crippen molar-refractivity contribution >= 4 is 0 Å². The van der Waals surface area contributed by atoms with Crippen molar-refractivity contribution in [2.45, 2.75) is 65.3 Å². The van der Waals surface area contributed by atoms with Crippen LogP contribution >= 0.6 is 0 Å². The van der Waals surface area contributed by atoms with E-state index in [9.17, 15) is 0 Å². The van der Waals surface area contributed by atoms with Crippen molar-refractivity contribution in [3.8, 4) is 0 Å². The molecule has 18 heavy (non-hydrogen) atoms. The standard InChI is InChI=1S/C16H34N2/c1-5-7-14-8-9-15(11-17)16(10-14)18(4)12-13(3)6-2/h13-16H,5-12,17H2,1-4H3. The number of hydrogen-bond acceptors (Lipinski definition) is 2. The summed E-state index contributed by atoms with van der Waals surface area (Å²) in [5, 5.41) is 0. The van der Waals surface area contributed by atoms with Crippen molar-refractivity contribution in [2.75, 3.05) is 20.1 Å². The Hall–Kier alpha value is -0.0800. The lowest BCUT2D eigenvalue weighted by Gasteiger charge is -2.41. The minimum absolute atomic E-state index is 0.729. The summed E-state index contributed by atoms with van der Waals surface area (Å²) in [7, 11) is 2.31. The first-order chi connectivity index (χ1) is 8.62. The zero-order valence-electron chi connectivity index (χ0n) is 13.0. The van der Waals surface area contributed by atoms with Crippen molar-refractivity contribution in [2.24, 2.45) is 23.5 Å². The van der Waals surface area contributed by atoms with Crippen LogP contribution in [0, 0.1) is 17.8 Å². The highest BCUT2D eigenvalue weighted by Gasteiger charge is 2.31. The van der Waals surface area contributed by atoms with Crippen LogP contribution in [-0.4, -0.2) is 31.1 Å². The average molecular weight is 254 g/mol. The molecule has 0 saturated heterocycles. The van der Waals surface area contributed by atoms with Crippen molar-refractivity contribution in [1.29, 1.82) is 0 Å². The van der Waals surface area contributed by atoms with Crippen molar-refractivity contribution in [1.82, 2.24) is 4.90 Å².